The predicted molar refractivity (Wildman–Crippen MR) is 68.5 cm³/mol. The van der Waals surface area contributed by atoms with Crippen LogP contribution in [0.5, 0.6) is 5.75 Å². The van der Waals surface area contributed by atoms with E-state index in [4.69, 9.17) is 4.74 Å². The molecule has 0 bridgehead atoms. The first-order valence-electron chi connectivity index (χ1n) is 6.66. The summed E-state index contributed by atoms with van der Waals surface area (Å²) in [5, 5.41) is 3.31. The summed E-state index contributed by atoms with van der Waals surface area (Å²) in [4.78, 5) is 0. The second kappa shape index (κ2) is 6.45. The van der Waals surface area contributed by atoms with Crippen molar-refractivity contribution in [3.05, 3.63) is 29.8 Å². The average Bonchev–Trinajstić information content (AvgIpc) is 2.87. The van der Waals surface area contributed by atoms with E-state index in [1.54, 1.807) is 6.07 Å². The van der Waals surface area contributed by atoms with Crippen molar-refractivity contribution in [2.75, 3.05) is 19.8 Å². The van der Waals surface area contributed by atoms with Crippen LogP contribution in [0.15, 0.2) is 24.3 Å². The molecule has 1 aliphatic rings. The molecule has 2 atom stereocenters. The summed E-state index contributed by atoms with van der Waals surface area (Å²) < 4.78 is 46.1. The van der Waals surface area contributed by atoms with Gasteiger partial charge in [0.25, 0.3) is 0 Å². The van der Waals surface area contributed by atoms with Crippen molar-refractivity contribution in [3.8, 4) is 5.75 Å². The lowest BCUT2D eigenvalue weighted by Gasteiger charge is -2.24. The lowest BCUT2D eigenvalue weighted by atomic mass is 9.92. The monoisotopic (exact) mass is 289 g/mol. The maximum Gasteiger partial charge on any atom is 0.573 e. The molecule has 0 spiro atoms. The van der Waals surface area contributed by atoms with Gasteiger partial charge in [-0.15, -0.1) is 13.2 Å². The quantitative estimate of drug-likeness (QED) is 0.902. The van der Waals surface area contributed by atoms with Crippen LogP contribution in [-0.4, -0.2) is 26.1 Å². The van der Waals surface area contributed by atoms with Gasteiger partial charge in [0.2, 0.25) is 0 Å². The molecule has 2 rings (SSSR count). The molecule has 0 radical (unpaired) electrons. The first kappa shape index (κ1) is 15.1. The molecule has 1 aromatic carbocycles. The van der Waals surface area contributed by atoms with E-state index < -0.39 is 6.36 Å². The van der Waals surface area contributed by atoms with E-state index in [0.29, 0.717) is 13.2 Å². The Kier molecular flexibility index (Phi) is 4.88. The van der Waals surface area contributed by atoms with Gasteiger partial charge in [0.15, 0.2) is 0 Å². The third kappa shape index (κ3) is 4.11. The summed E-state index contributed by atoms with van der Waals surface area (Å²) in [6.07, 6.45) is -3.76. The topological polar surface area (TPSA) is 30.5 Å². The molecule has 112 valence electrons. The number of benzene rings is 1. The van der Waals surface area contributed by atoms with Gasteiger partial charge in [0, 0.05) is 18.6 Å². The number of ether oxygens (including phenoxy) is 2. The van der Waals surface area contributed by atoms with E-state index in [9.17, 15) is 13.2 Å². The first-order valence-corrected chi connectivity index (χ1v) is 6.66. The lowest BCUT2D eigenvalue weighted by molar-refractivity contribution is -0.274. The van der Waals surface area contributed by atoms with Gasteiger partial charge in [-0.25, -0.2) is 0 Å². The summed E-state index contributed by atoms with van der Waals surface area (Å²) in [5.41, 5.74) is 0.795. The van der Waals surface area contributed by atoms with E-state index in [1.165, 1.54) is 12.1 Å². The van der Waals surface area contributed by atoms with Crippen LogP contribution in [-0.2, 0) is 4.74 Å². The number of halogens is 3. The van der Waals surface area contributed by atoms with Crippen LogP contribution in [0.3, 0.4) is 0 Å². The molecule has 1 fully saturated rings. The molecule has 3 nitrogen and oxygen atoms in total. The largest absolute Gasteiger partial charge is 0.573 e. The fourth-order valence-electron chi connectivity index (χ4n) is 2.50. The molecule has 2 unspecified atom stereocenters. The fraction of sp³-hybridized carbons (Fsp3) is 0.571. The molecule has 1 saturated heterocycles. The number of rotatable bonds is 5. The zero-order chi connectivity index (χ0) is 14.6. The van der Waals surface area contributed by atoms with Gasteiger partial charge in [0.05, 0.1) is 6.61 Å². The van der Waals surface area contributed by atoms with Gasteiger partial charge in [-0.2, -0.15) is 0 Å². The second-order valence-corrected chi connectivity index (χ2v) is 4.78. The van der Waals surface area contributed by atoms with E-state index in [0.717, 1.165) is 18.5 Å². The van der Waals surface area contributed by atoms with Crippen LogP contribution in [0.4, 0.5) is 13.2 Å². The Bertz CT molecular complexity index is 431. The summed E-state index contributed by atoms with van der Waals surface area (Å²) in [6.45, 7) is 4.04. The van der Waals surface area contributed by atoms with Crippen LogP contribution in [0.2, 0.25) is 0 Å². The van der Waals surface area contributed by atoms with Crippen LogP contribution in [0.25, 0.3) is 0 Å². The van der Waals surface area contributed by atoms with Crippen molar-refractivity contribution < 1.29 is 22.6 Å². The number of nitrogens with one attached hydrogen (secondary N) is 1. The summed E-state index contributed by atoms with van der Waals surface area (Å²) in [7, 11) is 0. The van der Waals surface area contributed by atoms with Crippen LogP contribution in [0.1, 0.15) is 24.9 Å². The molecule has 0 saturated carbocycles. The number of hydrogen-bond acceptors (Lipinski definition) is 3. The summed E-state index contributed by atoms with van der Waals surface area (Å²) in [6, 6.07) is 6.13. The summed E-state index contributed by atoms with van der Waals surface area (Å²) >= 11 is 0. The molecule has 1 aromatic rings. The zero-order valence-electron chi connectivity index (χ0n) is 11.2. The second-order valence-electron chi connectivity index (χ2n) is 4.78. The van der Waals surface area contributed by atoms with Crippen LogP contribution in [0, 0.1) is 5.92 Å². The Morgan fingerprint density at radius 2 is 2.25 bits per heavy atom. The minimum absolute atomic E-state index is 0.0146. The highest BCUT2D eigenvalue weighted by Gasteiger charge is 2.32. The maximum absolute atomic E-state index is 12.3. The standard InChI is InChI=1S/C14H18F3NO2/c1-2-18-13(11-6-7-19-9-11)10-4-3-5-12(8-10)20-14(15,16)17/h3-5,8,11,13,18H,2,6-7,9H2,1H3. The number of alkyl halides is 3. The van der Waals surface area contributed by atoms with Crippen molar-refractivity contribution in [2.45, 2.75) is 25.7 Å². The Morgan fingerprint density at radius 3 is 2.85 bits per heavy atom. The molecular weight excluding hydrogens is 271 g/mol. The minimum Gasteiger partial charge on any atom is -0.406 e. The smallest absolute Gasteiger partial charge is 0.406 e. The van der Waals surface area contributed by atoms with E-state index in [1.807, 2.05) is 13.0 Å². The van der Waals surface area contributed by atoms with Gasteiger partial charge >= 0.3 is 6.36 Å². The van der Waals surface area contributed by atoms with Crippen molar-refractivity contribution in [1.82, 2.24) is 5.32 Å². The summed E-state index contributed by atoms with van der Waals surface area (Å²) in [5.74, 6) is 0.0907. The van der Waals surface area contributed by atoms with Crippen molar-refractivity contribution >= 4 is 0 Å². The zero-order valence-corrected chi connectivity index (χ0v) is 11.2. The van der Waals surface area contributed by atoms with E-state index >= 15 is 0 Å². The normalized spacial score (nSPS) is 20.9. The maximum atomic E-state index is 12.3. The van der Waals surface area contributed by atoms with Crippen LogP contribution >= 0.6 is 0 Å². The highest BCUT2D eigenvalue weighted by atomic mass is 19.4. The van der Waals surface area contributed by atoms with Gasteiger partial charge in [-0.3, -0.25) is 0 Å². The van der Waals surface area contributed by atoms with Gasteiger partial charge in [-0.1, -0.05) is 19.1 Å². The lowest BCUT2D eigenvalue weighted by Crippen LogP contribution is -2.28. The molecule has 0 aromatic heterocycles. The first-order chi connectivity index (χ1) is 9.49. The Hall–Kier alpha value is -1.27. The van der Waals surface area contributed by atoms with E-state index in [-0.39, 0.29) is 17.7 Å². The Balaban J connectivity index is 2.17. The number of hydrogen-bond donors (Lipinski definition) is 1. The van der Waals surface area contributed by atoms with Gasteiger partial charge < -0.3 is 14.8 Å². The SMILES string of the molecule is CCNC(c1cccc(OC(F)(F)F)c1)C1CCOC1. The highest BCUT2D eigenvalue weighted by molar-refractivity contribution is 5.31. The van der Waals surface area contributed by atoms with Crippen molar-refractivity contribution in [1.29, 1.82) is 0 Å². The third-order valence-electron chi connectivity index (χ3n) is 3.31. The van der Waals surface area contributed by atoms with E-state index in [2.05, 4.69) is 10.1 Å². The Morgan fingerprint density at radius 1 is 1.45 bits per heavy atom. The average molecular weight is 289 g/mol. The minimum atomic E-state index is -4.66. The van der Waals surface area contributed by atoms with Crippen molar-refractivity contribution in [2.24, 2.45) is 5.92 Å². The highest BCUT2D eigenvalue weighted by Crippen LogP contribution is 2.31. The molecule has 1 N–H and O–H groups in total. The van der Waals surface area contributed by atoms with Crippen molar-refractivity contribution in [3.63, 3.8) is 0 Å². The molecule has 1 aliphatic heterocycles. The third-order valence-corrected chi connectivity index (χ3v) is 3.31. The van der Waals surface area contributed by atoms with Gasteiger partial charge in [0.1, 0.15) is 5.75 Å². The van der Waals surface area contributed by atoms with Crippen LogP contribution < -0.4 is 10.1 Å². The predicted octanol–water partition coefficient (Wildman–Crippen LogP) is 3.27. The molecule has 0 aliphatic carbocycles. The molecule has 1 heterocycles. The molecule has 0 amide bonds. The Labute approximate surface area is 116 Å². The molecule has 20 heavy (non-hydrogen) atoms. The molecule has 6 heteroatoms. The fourth-order valence-corrected chi connectivity index (χ4v) is 2.50. The molecular formula is C14H18F3NO2. The van der Waals surface area contributed by atoms with Gasteiger partial charge in [-0.05, 0) is 30.7 Å².